The lowest BCUT2D eigenvalue weighted by Gasteiger charge is -2.12. The molecule has 0 heterocycles. The van der Waals surface area contributed by atoms with Gasteiger partial charge in [0, 0.05) is 19.5 Å². The van der Waals surface area contributed by atoms with Gasteiger partial charge in [-0.25, -0.2) is 0 Å². The van der Waals surface area contributed by atoms with E-state index in [4.69, 9.17) is 16.4 Å². The standard InChI is InChI=1S/C14H16N2O2/c1-2-3-7-16-10-13(17)11-18-14-6-4-5-12(8-14)9-15/h1,4-6,8,13,16-17H,3,7,10-11H2. The second-order valence-corrected chi connectivity index (χ2v) is 3.76. The van der Waals surface area contributed by atoms with E-state index in [-0.39, 0.29) is 6.61 Å². The zero-order valence-electron chi connectivity index (χ0n) is 10.1. The predicted molar refractivity (Wildman–Crippen MR) is 69.0 cm³/mol. The zero-order valence-corrected chi connectivity index (χ0v) is 10.1. The number of terminal acetylenes is 1. The Morgan fingerprint density at radius 1 is 1.50 bits per heavy atom. The number of aliphatic hydroxyl groups is 1. The Kier molecular flexibility index (Phi) is 6.35. The molecule has 1 unspecified atom stereocenters. The first-order valence-electron chi connectivity index (χ1n) is 5.71. The number of rotatable bonds is 7. The van der Waals surface area contributed by atoms with Crippen LogP contribution in [0.3, 0.4) is 0 Å². The lowest BCUT2D eigenvalue weighted by atomic mass is 10.2. The Morgan fingerprint density at radius 2 is 2.33 bits per heavy atom. The SMILES string of the molecule is C#CCCNCC(O)COc1cccc(C#N)c1. The minimum Gasteiger partial charge on any atom is -0.491 e. The highest BCUT2D eigenvalue weighted by Crippen LogP contribution is 2.12. The largest absolute Gasteiger partial charge is 0.491 e. The summed E-state index contributed by atoms with van der Waals surface area (Å²) in [5.41, 5.74) is 0.536. The normalized spacial score (nSPS) is 11.3. The molecule has 0 aliphatic heterocycles. The summed E-state index contributed by atoms with van der Waals surface area (Å²) in [5.74, 6) is 3.09. The summed E-state index contributed by atoms with van der Waals surface area (Å²) >= 11 is 0. The van der Waals surface area contributed by atoms with Crippen LogP contribution in [-0.2, 0) is 0 Å². The van der Waals surface area contributed by atoms with Crippen LogP contribution in [0.2, 0.25) is 0 Å². The summed E-state index contributed by atoms with van der Waals surface area (Å²) in [6.07, 6.45) is 5.14. The van der Waals surface area contributed by atoms with E-state index in [0.717, 1.165) is 0 Å². The molecule has 0 saturated heterocycles. The maximum Gasteiger partial charge on any atom is 0.120 e. The highest BCUT2D eigenvalue weighted by molar-refractivity contribution is 5.36. The molecule has 4 nitrogen and oxygen atoms in total. The highest BCUT2D eigenvalue weighted by Gasteiger charge is 2.04. The van der Waals surface area contributed by atoms with Gasteiger partial charge in [-0.2, -0.15) is 5.26 Å². The van der Waals surface area contributed by atoms with E-state index in [2.05, 4.69) is 11.2 Å². The van der Waals surface area contributed by atoms with Crippen molar-refractivity contribution in [3.05, 3.63) is 29.8 Å². The van der Waals surface area contributed by atoms with Crippen molar-refractivity contribution >= 4 is 0 Å². The van der Waals surface area contributed by atoms with E-state index in [1.165, 1.54) is 0 Å². The topological polar surface area (TPSA) is 65.3 Å². The average Bonchev–Trinajstić information content (AvgIpc) is 2.41. The first kappa shape index (κ1) is 14.1. The van der Waals surface area contributed by atoms with E-state index >= 15 is 0 Å². The molecular weight excluding hydrogens is 228 g/mol. The molecule has 2 N–H and O–H groups in total. The molecule has 18 heavy (non-hydrogen) atoms. The van der Waals surface area contributed by atoms with Crippen molar-refractivity contribution < 1.29 is 9.84 Å². The Labute approximate surface area is 107 Å². The molecule has 1 rings (SSSR count). The Morgan fingerprint density at radius 3 is 3.06 bits per heavy atom. The second kappa shape index (κ2) is 8.14. The number of ether oxygens (including phenoxy) is 1. The van der Waals surface area contributed by atoms with Crippen LogP contribution in [0.25, 0.3) is 0 Å². The molecule has 0 aromatic heterocycles. The average molecular weight is 244 g/mol. The van der Waals surface area contributed by atoms with Crippen molar-refractivity contribution in [2.24, 2.45) is 0 Å². The molecule has 0 radical (unpaired) electrons. The second-order valence-electron chi connectivity index (χ2n) is 3.76. The van der Waals surface area contributed by atoms with Gasteiger partial charge < -0.3 is 15.2 Å². The van der Waals surface area contributed by atoms with Crippen molar-refractivity contribution in [3.63, 3.8) is 0 Å². The first-order chi connectivity index (χ1) is 8.76. The van der Waals surface area contributed by atoms with Crippen molar-refractivity contribution in [2.45, 2.75) is 12.5 Å². The smallest absolute Gasteiger partial charge is 0.120 e. The lowest BCUT2D eigenvalue weighted by Crippen LogP contribution is -2.31. The van der Waals surface area contributed by atoms with Crippen LogP contribution in [0.5, 0.6) is 5.75 Å². The third kappa shape index (κ3) is 5.36. The van der Waals surface area contributed by atoms with Crippen LogP contribution >= 0.6 is 0 Å². The van der Waals surface area contributed by atoms with Crippen molar-refractivity contribution in [1.29, 1.82) is 5.26 Å². The van der Waals surface area contributed by atoms with Gasteiger partial charge >= 0.3 is 0 Å². The third-order valence-electron chi connectivity index (χ3n) is 2.23. The van der Waals surface area contributed by atoms with Gasteiger partial charge in [-0.3, -0.25) is 0 Å². The summed E-state index contributed by atoms with van der Waals surface area (Å²) in [5, 5.41) is 21.4. The summed E-state index contributed by atoms with van der Waals surface area (Å²) < 4.78 is 5.39. The quantitative estimate of drug-likeness (QED) is 0.553. The molecule has 0 spiro atoms. The van der Waals surface area contributed by atoms with Crippen molar-refractivity contribution in [1.82, 2.24) is 5.32 Å². The molecule has 0 aliphatic rings. The number of hydrogen-bond donors (Lipinski definition) is 2. The molecule has 0 amide bonds. The maximum absolute atomic E-state index is 9.63. The zero-order chi connectivity index (χ0) is 13.2. The van der Waals surface area contributed by atoms with E-state index < -0.39 is 6.10 Å². The van der Waals surface area contributed by atoms with Gasteiger partial charge in [-0.05, 0) is 18.2 Å². The van der Waals surface area contributed by atoms with E-state index in [1.54, 1.807) is 24.3 Å². The van der Waals surface area contributed by atoms with Crippen LogP contribution in [0.1, 0.15) is 12.0 Å². The van der Waals surface area contributed by atoms with Crippen molar-refractivity contribution in [2.75, 3.05) is 19.7 Å². The summed E-state index contributed by atoms with van der Waals surface area (Å²) in [6, 6.07) is 8.86. The molecule has 0 saturated carbocycles. The van der Waals surface area contributed by atoms with Gasteiger partial charge in [-0.1, -0.05) is 6.07 Å². The van der Waals surface area contributed by atoms with Crippen LogP contribution in [0.4, 0.5) is 0 Å². The molecule has 0 fully saturated rings. The molecule has 0 aliphatic carbocycles. The van der Waals surface area contributed by atoms with E-state index in [1.807, 2.05) is 6.07 Å². The van der Waals surface area contributed by atoms with Crippen LogP contribution < -0.4 is 10.1 Å². The Balaban J connectivity index is 2.27. The molecule has 1 aromatic rings. The fourth-order valence-electron chi connectivity index (χ4n) is 1.34. The number of benzene rings is 1. The van der Waals surface area contributed by atoms with Gasteiger partial charge in [0.05, 0.1) is 11.6 Å². The minimum atomic E-state index is -0.603. The maximum atomic E-state index is 9.63. The monoisotopic (exact) mass is 244 g/mol. The van der Waals surface area contributed by atoms with Crippen molar-refractivity contribution in [3.8, 4) is 24.2 Å². The molecule has 1 atom stereocenters. The summed E-state index contributed by atoms with van der Waals surface area (Å²) in [4.78, 5) is 0. The molecular formula is C14H16N2O2. The van der Waals surface area contributed by atoms with Crippen LogP contribution in [0, 0.1) is 23.7 Å². The molecule has 0 bridgehead atoms. The number of nitrogens with zero attached hydrogens (tertiary/aromatic N) is 1. The number of nitrogens with one attached hydrogen (secondary N) is 1. The number of hydrogen-bond acceptors (Lipinski definition) is 4. The van der Waals surface area contributed by atoms with Gasteiger partial charge in [0.1, 0.15) is 18.5 Å². The van der Waals surface area contributed by atoms with Gasteiger partial charge in [-0.15, -0.1) is 12.3 Å². The fraction of sp³-hybridized carbons (Fsp3) is 0.357. The highest BCUT2D eigenvalue weighted by atomic mass is 16.5. The van der Waals surface area contributed by atoms with Gasteiger partial charge in [0.15, 0.2) is 0 Å². The van der Waals surface area contributed by atoms with Gasteiger partial charge in [0.2, 0.25) is 0 Å². The number of nitriles is 1. The summed E-state index contributed by atoms with van der Waals surface area (Å²) in [7, 11) is 0. The number of aliphatic hydroxyl groups excluding tert-OH is 1. The van der Waals surface area contributed by atoms with E-state index in [9.17, 15) is 5.11 Å². The Bertz CT molecular complexity index is 446. The lowest BCUT2D eigenvalue weighted by molar-refractivity contribution is 0.107. The van der Waals surface area contributed by atoms with E-state index in [0.29, 0.717) is 30.8 Å². The minimum absolute atomic E-state index is 0.179. The molecule has 4 heteroatoms. The fourth-order valence-corrected chi connectivity index (χ4v) is 1.34. The molecule has 94 valence electrons. The summed E-state index contributed by atoms with van der Waals surface area (Å²) in [6.45, 7) is 1.29. The van der Waals surface area contributed by atoms with Crippen LogP contribution in [-0.4, -0.2) is 30.9 Å². The predicted octanol–water partition coefficient (Wildman–Crippen LogP) is 0.911. The Hall–Kier alpha value is -2.01. The van der Waals surface area contributed by atoms with Crippen LogP contribution in [0.15, 0.2) is 24.3 Å². The molecule has 1 aromatic carbocycles. The van der Waals surface area contributed by atoms with Gasteiger partial charge in [0.25, 0.3) is 0 Å². The first-order valence-corrected chi connectivity index (χ1v) is 5.71. The third-order valence-corrected chi connectivity index (χ3v) is 2.23.